The van der Waals surface area contributed by atoms with Gasteiger partial charge in [0.1, 0.15) is 0 Å². The molecule has 0 aliphatic carbocycles. The van der Waals surface area contributed by atoms with E-state index in [0.717, 1.165) is 12.6 Å². The van der Waals surface area contributed by atoms with E-state index in [1.165, 1.54) is 90.4 Å². The van der Waals surface area contributed by atoms with Crippen molar-refractivity contribution in [2.75, 3.05) is 32.7 Å². The van der Waals surface area contributed by atoms with Gasteiger partial charge in [-0.25, -0.2) is 0 Å². The molecule has 21 heavy (non-hydrogen) atoms. The molecule has 2 rings (SSSR count). The summed E-state index contributed by atoms with van der Waals surface area (Å²) in [5, 5.41) is 0. The lowest BCUT2D eigenvalue weighted by atomic mass is 10.1. The highest BCUT2D eigenvalue weighted by atomic mass is 15.3. The van der Waals surface area contributed by atoms with Gasteiger partial charge in [0.15, 0.2) is 0 Å². The van der Waals surface area contributed by atoms with E-state index in [1.807, 2.05) is 0 Å². The number of hydrogen-bond donors (Lipinski definition) is 1. The van der Waals surface area contributed by atoms with Gasteiger partial charge in [-0.1, -0.05) is 45.4 Å². The maximum absolute atomic E-state index is 6.06. The Labute approximate surface area is 132 Å². The fraction of sp³-hybridized carbons (Fsp3) is 1.00. The molecule has 0 spiro atoms. The largest absolute Gasteiger partial charge is 0.329 e. The molecule has 0 aromatic heterocycles. The second-order valence-corrected chi connectivity index (χ2v) is 7.13. The number of rotatable bonds is 9. The summed E-state index contributed by atoms with van der Waals surface area (Å²) >= 11 is 0. The van der Waals surface area contributed by atoms with Crippen molar-refractivity contribution >= 4 is 0 Å². The number of hydrogen-bond acceptors (Lipinski definition) is 3. The van der Waals surface area contributed by atoms with Gasteiger partial charge in [0.25, 0.3) is 0 Å². The lowest BCUT2D eigenvalue weighted by Crippen LogP contribution is -2.44. The van der Waals surface area contributed by atoms with Crippen LogP contribution >= 0.6 is 0 Å². The van der Waals surface area contributed by atoms with Crippen molar-refractivity contribution in [2.24, 2.45) is 5.73 Å². The summed E-state index contributed by atoms with van der Waals surface area (Å²) in [6.07, 6.45) is 13.8. The molecule has 2 aliphatic rings. The average Bonchev–Trinajstić information content (AvgIpc) is 3.01. The molecule has 0 bridgehead atoms. The fourth-order valence-corrected chi connectivity index (χ4v) is 4.11. The van der Waals surface area contributed by atoms with Crippen LogP contribution in [-0.2, 0) is 0 Å². The van der Waals surface area contributed by atoms with Crippen molar-refractivity contribution in [2.45, 2.75) is 83.2 Å². The smallest absolute Gasteiger partial charge is 0.0235 e. The minimum atomic E-state index is 0.640. The van der Waals surface area contributed by atoms with E-state index >= 15 is 0 Å². The van der Waals surface area contributed by atoms with Gasteiger partial charge in [-0.05, 0) is 38.8 Å². The Morgan fingerprint density at radius 2 is 1.76 bits per heavy atom. The molecule has 0 aromatic carbocycles. The lowest BCUT2D eigenvalue weighted by Gasteiger charge is -2.33. The number of piperidine rings is 1. The van der Waals surface area contributed by atoms with Gasteiger partial charge in [-0.3, -0.25) is 9.80 Å². The highest BCUT2D eigenvalue weighted by Gasteiger charge is 2.31. The highest BCUT2D eigenvalue weighted by molar-refractivity contribution is 4.88. The van der Waals surface area contributed by atoms with Crippen LogP contribution in [0.15, 0.2) is 0 Å². The van der Waals surface area contributed by atoms with Crippen LogP contribution in [0.4, 0.5) is 0 Å². The first-order valence-electron chi connectivity index (χ1n) is 9.53. The minimum absolute atomic E-state index is 0.640. The van der Waals surface area contributed by atoms with Gasteiger partial charge < -0.3 is 5.73 Å². The molecule has 124 valence electrons. The first-order chi connectivity index (χ1) is 10.3. The Hall–Kier alpha value is -0.120. The third-order valence-electron chi connectivity index (χ3n) is 5.53. The first kappa shape index (κ1) is 17.2. The molecule has 0 saturated carbocycles. The summed E-state index contributed by atoms with van der Waals surface area (Å²) in [5.74, 6) is 0. The monoisotopic (exact) mass is 295 g/mol. The average molecular weight is 296 g/mol. The molecular weight excluding hydrogens is 258 g/mol. The molecular formula is C18H37N3. The molecule has 0 radical (unpaired) electrons. The van der Waals surface area contributed by atoms with Crippen molar-refractivity contribution in [3.05, 3.63) is 0 Å². The lowest BCUT2D eigenvalue weighted by molar-refractivity contribution is 0.150. The second-order valence-electron chi connectivity index (χ2n) is 7.13. The van der Waals surface area contributed by atoms with Crippen LogP contribution in [0.1, 0.15) is 71.1 Å². The van der Waals surface area contributed by atoms with Gasteiger partial charge in [0.2, 0.25) is 0 Å². The van der Waals surface area contributed by atoms with E-state index in [4.69, 9.17) is 5.73 Å². The number of nitrogens with zero attached hydrogens (tertiary/aromatic N) is 2. The third-order valence-corrected chi connectivity index (χ3v) is 5.53. The van der Waals surface area contributed by atoms with Gasteiger partial charge in [0, 0.05) is 31.7 Å². The normalized spacial score (nSPS) is 26.3. The topological polar surface area (TPSA) is 32.5 Å². The highest BCUT2D eigenvalue weighted by Crippen LogP contribution is 2.23. The van der Waals surface area contributed by atoms with E-state index in [0.29, 0.717) is 6.04 Å². The molecule has 2 fully saturated rings. The van der Waals surface area contributed by atoms with Gasteiger partial charge in [0.05, 0.1) is 0 Å². The van der Waals surface area contributed by atoms with Crippen molar-refractivity contribution in [1.29, 1.82) is 0 Å². The van der Waals surface area contributed by atoms with Crippen LogP contribution in [0.5, 0.6) is 0 Å². The van der Waals surface area contributed by atoms with Gasteiger partial charge in [-0.2, -0.15) is 0 Å². The second kappa shape index (κ2) is 9.81. The zero-order chi connectivity index (χ0) is 14.9. The number of nitrogens with two attached hydrogens (primary N) is 1. The summed E-state index contributed by atoms with van der Waals surface area (Å²) < 4.78 is 0. The molecule has 2 heterocycles. The Bertz CT molecular complexity index is 263. The van der Waals surface area contributed by atoms with Gasteiger partial charge >= 0.3 is 0 Å². The van der Waals surface area contributed by atoms with Crippen LogP contribution in [0.3, 0.4) is 0 Å². The predicted octanol–water partition coefficient (Wildman–Crippen LogP) is 3.23. The van der Waals surface area contributed by atoms with Crippen molar-refractivity contribution < 1.29 is 0 Å². The summed E-state index contributed by atoms with van der Waals surface area (Å²) in [5.41, 5.74) is 6.06. The van der Waals surface area contributed by atoms with Crippen molar-refractivity contribution in [1.82, 2.24) is 9.80 Å². The Balaban J connectivity index is 1.67. The van der Waals surface area contributed by atoms with E-state index < -0.39 is 0 Å². The maximum Gasteiger partial charge on any atom is 0.0235 e. The summed E-state index contributed by atoms with van der Waals surface area (Å²) in [7, 11) is 0. The zero-order valence-electron chi connectivity index (χ0n) is 14.2. The summed E-state index contributed by atoms with van der Waals surface area (Å²) in [6.45, 7) is 8.36. The molecule has 3 heteroatoms. The van der Waals surface area contributed by atoms with Crippen LogP contribution in [0.25, 0.3) is 0 Å². The standard InChI is InChI=1S/C18H37N3/c1-2-3-4-5-7-10-17(15-19)21-14-11-18(16-21)20-12-8-6-9-13-20/h17-18H,2-16,19H2,1H3. The van der Waals surface area contributed by atoms with E-state index in [-0.39, 0.29) is 0 Å². The summed E-state index contributed by atoms with van der Waals surface area (Å²) in [4.78, 5) is 5.44. The Morgan fingerprint density at radius 3 is 2.48 bits per heavy atom. The summed E-state index contributed by atoms with van der Waals surface area (Å²) in [6, 6.07) is 1.46. The SMILES string of the molecule is CCCCCCCC(CN)N1CCC(N2CCCCC2)C1. The molecule has 0 aromatic rings. The van der Waals surface area contributed by atoms with Gasteiger partial charge in [-0.15, -0.1) is 0 Å². The molecule has 2 aliphatic heterocycles. The maximum atomic E-state index is 6.06. The molecule has 3 nitrogen and oxygen atoms in total. The minimum Gasteiger partial charge on any atom is -0.329 e. The quantitative estimate of drug-likeness (QED) is 0.663. The first-order valence-corrected chi connectivity index (χ1v) is 9.53. The fourth-order valence-electron chi connectivity index (χ4n) is 4.11. The zero-order valence-corrected chi connectivity index (χ0v) is 14.2. The Kier molecular flexibility index (Phi) is 8.05. The predicted molar refractivity (Wildman–Crippen MR) is 91.6 cm³/mol. The van der Waals surface area contributed by atoms with Crippen LogP contribution in [-0.4, -0.2) is 54.6 Å². The van der Waals surface area contributed by atoms with Crippen LogP contribution < -0.4 is 5.73 Å². The van der Waals surface area contributed by atoms with Crippen LogP contribution in [0, 0.1) is 0 Å². The van der Waals surface area contributed by atoms with E-state index in [2.05, 4.69) is 16.7 Å². The molecule has 2 saturated heterocycles. The number of likely N-dealkylation sites (tertiary alicyclic amines) is 2. The van der Waals surface area contributed by atoms with E-state index in [1.54, 1.807) is 0 Å². The molecule has 2 unspecified atom stereocenters. The molecule has 2 atom stereocenters. The molecule has 2 N–H and O–H groups in total. The van der Waals surface area contributed by atoms with E-state index in [9.17, 15) is 0 Å². The Morgan fingerprint density at radius 1 is 1.00 bits per heavy atom. The van der Waals surface area contributed by atoms with Crippen LogP contribution in [0.2, 0.25) is 0 Å². The molecule has 0 amide bonds. The number of unbranched alkanes of at least 4 members (excludes halogenated alkanes) is 4. The third kappa shape index (κ3) is 5.54. The van der Waals surface area contributed by atoms with Crippen molar-refractivity contribution in [3.63, 3.8) is 0 Å². The van der Waals surface area contributed by atoms with Crippen molar-refractivity contribution in [3.8, 4) is 0 Å².